The summed E-state index contributed by atoms with van der Waals surface area (Å²) in [5.41, 5.74) is 5.39. The van der Waals surface area contributed by atoms with Crippen LogP contribution in [0.3, 0.4) is 0 Å². The summed E-state index contributed by atoms with van der Waals surface area (Å²) in [6.07, 6.45) is 3.97. The molecule has 0 radical (unpaired) electrons. The van der Waals surface area contributed by atoms with Crippen LogP contribution >= 0.6 is 0 Å². The van der Waals surface area contributed by atoms with Gasteiger partial charge in [-0.1, -0.05) is 24.3 Å². The van der Waals surface area contributed by atoms with Crippen molar-refractivity contribution in [1.29, 1.82) is 0 Å². The summed E-state index contributed by atoms with van der Waals surface area (Å²) in [4.78, 5) is 31.6. The largest absolute Gasteiger partial charge is 0.460 e. The first-order valence-electron chi connectivity index (χ1n) is 13.2. The average Bonchev–Trinajstić information content (AvgIpc) is 3.52. The summed E-state index contributed by atoms with van der Waals surface area (Å²) < 4.78 is 13.7. The number of esters is 1. The Morgan fingerprint density at radius 2 is 1.92 bits per heavy atom. The molecule has 0 N–H and O–H groups in total. The van der Waals surface area contributed by atoms with Crippen molar-refractivity contribution in [2.75, 3.05) is 13.2 Å². The van der Waals surface area contributed by atoms with E-state index in [4.69, 9.17) is 14.5 Å². The molecule has 3 atom stereocenters. The number of aromatic nitrogens is 1. The highest BCUT2D eigenvalue weighted by molar-refractivity contribution is 6.12. The van der Waals surface area contributed by atoms with Crippen LogP contribution in [0.15, 0.2) is 58.7 Å². The van der Waals surface area contributed by atoms with Crippen LogP contribution in [0.25, 0.3) is 21.8 Å². The summed E-state index contributed by atoms with van der Waals surface area (Å²) in [5.74, 6) is -1.02. The van der Waals surface area contributed by atoms with Crippen LogP contribution in [0.1, 0.15) is 57.4 Å². The molecule has 1 unspecified atom stereocenters. The zero-order chi connectivity index (χ0) is 24.8. The molecule has 2 aliphatic heterocycles. The standard InChI is InChI=1S/C30H32N2O4/c1-3-32-24-11-5-4-9-21(24)22-16-19(13-14-25(22)32)28-27(30(34)36-17-20-8-7-15-35-20)18(2)31-23-10-6-12-26(33)29(23)28/h4-5,9,11,13-14,16,20,28-29H,3,6-8,10,12,15,17H2,1-2H3/t20-,28-,29?/m1/s1. The van der Waals surface area contributed by atoms with Gasteiger partial charge in [0.2, 0.25) is 0 Å². The van der Waals surface area contributed by atoms with Crippen molar-refractivity contribution in [3.63, 3.8) is 0 Å². The van der Waals surface area contributed by atoms with Crippen molar-refractivity contribution < 1.29 is 19.1 Å². The minimum absolute atomic E-state index is 0.0520. The van der Waals surface area contributed by atoms with Crippen LogP contribution < -0.4 is 0 Å². The Morgan fingerprint density at radius 1 is 1.08 bits per heavy atom. The summed E-state index contributed by atoms with van der Waals surface area (Å²) in [7, 11) is 0. The fourth-order valence-corrected chi connectivity index (χ4v) is 6.37. The van der Waals surface area contributed by atoms with Gasteiger partial charge in [-0.15, -0.1) is 0 Å². The Balaban J connectivity index is 1.47. The highest BCUT2D eigenvalue weighted by Gasteiger charge is 2.44. The molecule has 6 nitrogen and oxygen atoms in total. The van der Waals surface area contributed by atoms with E-state index in [1.165, 1.54) is 10.9 Å². The molecule has 36 heavy (non-hydrogen) atoms. The number of carbonyl (C=O) groups is 2. The third kappa shape index (κ3) is 3.79. The SMILES string of the molecule is CCn1c2ccccc2c2cc([C@@H]3C(C(=O)OC[C@H]4CCCO4)=C(C)N=C4CCCC(=O)C43)ccc21. The van der Waals surface area contributed by atoms with Gasteiger partial charge in [-0.05, 0) is 63.3 Å². The van der Waals surface area contributed by atoms with Crippen molar-refractivity contribution in [3.05, 3.63) is 59.3 Å². The first kappa shape index (κ1) is 23.2. The smallest absolute Gasteiger partial charge is 0.336 e. The summed E-state index contributed by atoms with van der Waals surface area (Å²) in [5, 5.41) is 2.32. The molecule has 0 amide bonds. The number of allylic oxidation sites excluding steroid dienone is 1. The van der Waals surface area contributed by atoms with Crippen molar-refractivity contribution in [2.24, 2.45) is 10.9 Å². The number of hydrogen-bond donors (Lipinski definition) is 0. The fourth-order valence-electron chi connectivity index (χ4n) is 6.37. The molecule has 1 aromatic heterocycles. The number of aliphatic imine (C=N–C) groups is 1. The van der Waals surface area contributed by atoms with Gasteiger partial charge in [-0.3, -0.25) is 9.79 Å². The molecule has 186 valence electrons. The maximum Gasteiger partial charge on any atom is 0.336 e. The quantitative estimate of drug-likeness (QED) is 0.435. The topological polar surface area (TPSA) is 69.9 Å². The molecule has 3 aliphatic rings. The second-order valence-corrected chi connectivity index (χ2v) is 10.1. The number of rotatable bonds is 5. The Morgan fingerprint density at radius 3 is 2.72 bits per heavy atom. The molecule has 0 bridgehead atoms. The van der Waals surface area contributed by atoms with Crippen molar-refractivity contribution in [2.45, 2.75) is 64.5 Å². The van der Waals surface area contributed by atoms with Crippen molar-refractivity contribution >= 4 is 39.3 Å². The number of carbonyl (C=O) groups excluding carboxylic acids is 2. The van der Waals surface area contributed by atoms with Gasteiger partial charge in [-0.25, -0.2) is 4.79 Å². The fraction of sp³-hybridized carbons (Fsp3) is 0.433. The van der Waals surface area contributed by atoms with Gasteiger partial charge in [0, 0.05) is 58.7 Å². The van der Waals surface area contributed by atoms with Gasteiger partial charge in [-0.2, -0.15) is 0 Å². The van der Waals surface area contributed by atoms with E-state index >= 15 is 0 Å². The number of ether oxygens (including phenoxy) is 2. The number of nitrogens with zero attached hydrogens (tertiary/aromatic N) is 2. The monoisotopic (exact) mass is 484 g/mol. The molecule has 0 spiro atoms. The minimum Gasteiger partial charge on any atom is -0.460 e. The molecule has 2 aromatic carbocycles. The number of fused-ring (bicyclic) bond motifs is 4. The van der Waals surface area contributed by atoms with E-state index in [9.17, 15) is 9.59 Å². The Bertz CT molecular complexity index is 1420. The zero-order valence-electron chi connectivity index (χ0n) is 21.0. The molecule has 6 rings (SSSR count). The van der Waals surface area contributed by atoms with Gasteiger partial charge in [0.05, 0.1) is 17.6 Å². The molecule has 1 saturated carbocycles. The van der Waals surface area contributed by atoms with Gasteiger partial charge in [0.15, 0.2) is 0 Å². The normalized spacial score (nSPS) is 24.3. The average molecular weight is 485 g/mol. The lowest BCUT2D eigenvalue weighted by Crippen LogP contribution is -2.39. The highest BCUT2D eigenvalue weighted by atomic mass is 16.6. The van der Waals surface area contributed by atoms with Gasteiger partial charge in [0.25, 0.3) is 0 Å². The van der Waals surface area contributed by atoms with E-state index in [0.29, 0.717) is 24.3 Å². The number of Topliss-reactive ketones (excluding diaryl/α,β-unsaturated/α-hetero) is 1. The van der Waals surface area contributed by atoms with Crippen LogP contribution in [-0.4, -0.2) is 41.3 Å². The molecular weight excluding hydrogens is 452 g/mol. The van der Waals surface area contributed by atoms with Crippen LogP contribution in [0, 0.1) is 5.92 Å². The maximum atomic E-state index is 13.5. The van der Waals surface area contributed by atoms with E-state index in [2.05, 4.69) is 54.0 Å². The van der Waals surface area contributed by atoms with Crippen molar-refractivity contribution in [3.8, 4) is 0 Å². The molecular formula is C30H32N2O4. The second kappa shape index (κ2) is 9.32. The first-order chi connectivity index (χ1) is 17.6. The van der Waals surface area contributed by atoms with E-state index in [1.807, 2.05) is 6.92 Å². The minimum atomic E-state index is -0.412. The Kier molecular flexibility index (Phi) is 6.00. The number of aryl methyl sites for hydroxylation is 1. The third-order valence-corrected chi connectivity index (χ3v) is 8.02. The number of hydrogen-bond acceptors (Lipinski definition) is 5. The van der Waals surface area contributed by atoms with Crippen LogP contribution in [-0.2, 0) is 25.6 Å². The number of benzene rings is 2. The Labute approximate surface area is 211 Å². The van der Waals surface area contributed by atoms with Crippen LogP contribution in [0.5, 0.6) is 0 Å². The summed E-state index contributed by atoms with van der Waals surface area (Å²) in [6.45, 7) is 5.84. The van der Waals surface area contributed by atoms with Gasteiger partial charge >= 0.3 is 5.97 Å². The van der Waals surface area contributed by atoms with Crippen LogP contribution in [0.2, 0.25) is 0 Å². The molecule has 1 saturated heterocycles. The van der Waals surface area contributed by atoms with E-state index in [1.54, 1.807) is 0 Å². The van der Waals surface area contributed by atoms with Crippen LogP contribution in [0.4, 0.5) is 0 Å². The van der Waals surface area contributed by atoms with E-state index < -0.39 is 11.8 Å². The third-order valence-electron chi connectivity index (χ3n) is 8.02. The van der Waals surface area contributed by atoms with Crippen molar-refractivity contribution in [1.82, 2.24) is 4.57 Å². The number of ketones is 1. The molecule has 2 fully saturated rings. The lowest BCUT2D eigenvalue weighted by molar-refractivity contribution is -0.142. The molecule has 3 aromatic rings. The van der Waals surface area contributed by atoms with Gasteiger partial charge in [0.1, 0.15) is 12.4 Å². The lowest BCUT2D eigenvalue weighted by atomic mass is 9.69. The summed E-state index contributed by atoms with van der Waals surface area (Å²) >= 11 is 0. The lowest BCUT2D eigenvalue weighted by Gasteiger charge is -2.35. The van der Waals surface area contributed by atoms with Gasteiger partial charge < -0.3 is 14.0 Å². The predicted octanol–water partition coefficient (Wildman–Crippen LogP) is 5.72. The highest BCUT2D eigenvalue weighted by Crippen LogP contribution is 2.44. The molecule has 6 heteroatoms. The maximum absolute atomic E-state index is 13.5. The molecule has 1 aliphatic carbocycles. The first-order valence-corrected chi connectivity index (χ1v) is 13.2. The van der Waals surface area contributed by atoms with E-state index in [-0.39, 0.29) is 24.5 Å². The second-order valence-electron chi connectivity index (χ2n) is 10.1. The molecule has 3 heterocycles. The summed E-state index contributed by atoms with van der Waals surface area (Å²) in [6, 6.07) is 14.8. The zero-order valence-corrected chi connectivity index (χ0v) is 21.0. The predicted molar refractivity (Wildman–Crippen MR) is 140 cm³/mol. The Hall–Kier alpha value is -3.25. The van der Waals surface area contributed by atoms with E-state index in [0.717, 1.165) is 54.4 Å². The number of para-hydroxylation sites is 1.